The Morgan fingerprint density at radius 2 is 2.18 bits per heavy atom. The van der Waals surface area contributed by atoms with Gasteiger partial charge < -0.3 is 11.1 Å². The van der Waals surface area contributed by atoms with Gasteiger partial charge >= 0.3 is 0 Å². The van der Waals surface area contributed by atoms with E-state index in [9.17, 15) is 0 Å². The minimum absolute atomic E-state index is 0.282. The van der Waals surface area contributed by atoms with Crippen LogP contribution >= 0.6 is 0 Å². The lowest BCUT2D eigenvalue weighted by Gasteiger charge is -2.22. The number of fused-ring (bicyclic) bond motifs is 1. The summed E-state index contributed by atoms with van der Waals surface area (Å²) in [6.45, 7) is 0.900. The largest absolute Gasteiger partial charge is 0.383 e. The summed E-state index contributed by atoms with van der Waals surface area (Å²) in [5, 5.41) is 3.29. The van der Waals surface area contributed by atoms with Crippen LogP contribution in [0, 0.1) is 0 Å². The Balaban J connectivity index is 2.34. The van der Waals surface area contributed by atoms with Gasteiger partial charge in [0.25, 0.3) is 0 Å². The van der Waals surface area contributed by atoms with Crippen LogP contribution in [0.25, 0.3) is 0 Å². The highest BCUT2D eigenvalue weighted by molar-refractivity contribution is 5.53. The van der Waals surface area contributed by atoms with Crippen molar-refractivity contribution in [1.29, 1.82) is 0 Å². The van der Waals surface area contributed by atoms with Crippen molar-refractivity contribution >= 4 is 5.69 Å². The average Bonchev–Trinajstić information content (AvgIpc) is 2.04. The highest BCUT2D eigenvalue weighted by Crippen LogP contribution is 2.19. The van der Waals surface area contributed by atoms with Gasteiger partial charge in [0.15, 0.2) is 0 Å². The van der Waals surface area contributed by atoms with Crippen molar-refractivity contribution < 1.29 is 0 Å². The molecule has 1 atom stereocenters. The number of benzene rings is 1. The highest BCUT2D eigenvalue weighted by atomic mass is 14.9. The van der Waals surface area contributed by atoms with Gasteiger partial charge in [-0.25, -0.2) is 0 Å². The lowest BCUT2D eigenvalue weighted by Crippen LogP contribution is -2.35. The number of hydrogen-bond acceptors (Lipinski definition) is 2. The van der Waals surface area contributed by atoms with Gasteiger partial charge in [-0.1, -0.05) is 18.2 Å². The van der Waals surface area contributed by atoms with E-state index in [0.717, 1.165) is 13.0 Å². The maximum atomic E-state index is 5.79. The number of anilines is 1. The van der Waals surface area contributed by atoms with Crippen molar-refractivity contribution in [3.05, 3.63) is 29.8 Å². The molecule has 0 spiro atoms. The molecule has 0 saturated heterocycles. The van der Waals surface area contributed by atoms with Gasteiger partial charge in [-0.05, 0) is 18.1 Å². The van der Waals surface area contributed by atoms with Crippen LogP contribution in [-0.2, 0) is 6.42 Å². The van der Waals surface area contributed by atoms with Gasteiger partial charge in [0.05, 0.1) is 0 Å². The molecule has 3 N–H and O–H groups in total. The summed E-state index contributed by atoms with van der Waals surface area (Å²) in [6.07, 6.45) is 1.00. The predicted octanol–water partition coefficient (Wildman–Crippen LogP) is 0.982. The number of nitrogens with one attached hydrogen (secondary N) is 1. The van der Waals surface area contributed by atoms with Crippen LogP contribution in [-0.4, -0.2) is 12.6 Å². The molecule has 1 aliphatic rings. The number of rotatable bonds is 0. The molecule has 1 heterocycles. The fraction of sp³-hybridized carbons (Fsp3) is 0.333. The highest BCUT2D eigenvalue weighted by Gasteiger charge is 2.12. The molecule has 0 saturated carbocycles. The fourth-order valence-electron chi connectivity index (χ4n) is 1.47. The van der Waals surface area contributed by atoms with Crippen LogP contribution in [0.5, 0.6) is 0 Å². The second-order valence-electron chi connectivity index (χ2n) is 3.00. The van der Waals surface area contributed by atoms with Crippen LogP contribution < -0.4 is 11.1 Å². The monoisotopic (exact) mass is 148 g/mol. The standard InChI is InChI=1S/C9H12N2/c10-8-5-7-3-1-2-4-9(7)11-6-8/h1-4,8,11H,5-6,10H2/t8-/m0/s1. The molecule has 58 valence electrons. The van der Waals surface area contributed by atoms with E-state index in [4.69, 9.17) is 5.73 Å². The molecule has 0 fully saturated rings. The number of para-hydroxylation sites is 1. The van der Waals surface area contributed by atoms with Gasteiger partial charge in [0.2, 0.25) is 0 Å². The Labute approximate surface area is 66.4 Å². The van der Waals surface area contributed by atoms with Gasteiger partial charge in [-0.15, -0.1) is 0 Å². The van der Waals surface area contributed by atoms with E-state index in [2.05, 4.69) is 23.5 Å². The fourth-order valence-corrected chi connectivity index (χ4v) is 1.47. The molecule has 1 aromatic carbocycles. The minimum Gasteiger partial charge on any atom is -0.383 e. The van der Waals surface area contributed by atoms with E-state index in [1.54, 1.807) is 0 Å². The van der Waals surface area contributed by atoms with Crippen molar-refractivity contribution in [3.8, 4) is 0 Å². The first-order valence-electron chi connectivity index (χ1n) is 3.93. The Kier molecular flexibility index (Phi) is 1.55. The normalized spacial score (nSPS) is 22.1. The molecule has 0 aliphatic carbocycles. The molecular formula is C9H12N2. The molecule has 0 aromatic heterocycles. The molecule has 2 nitrogen and oxygen atoms in total. The molecule has 0 radical (unpaired) electrons. The van der Waals surface area contributed by atoms with Crippen LogP contribution in [0.4, 0.5) is 5.69 Å². The maximum absolute atomic E-state index is 5.79. The Morgan fingerprint density at radius 3 is 3.09 bits per heavy atom. The zero-order valence-corrected chi connectivity index (χ0v) is 6.38. The number of nitrogens with two attached hydrogens (primary N) is 1. The molecule has 2 heteroatoms. The van der Waals surface area contributed by atoms with Crippen LogP contribution in [0.2, 0.25) is 0 Å². The quantitative estimate of drug-likeness (QED) is 0.575. The summed E-state index contributed by atoms with van der Waals surface area (Å²) in [7, 11) is 0. The van der Waals surface area contributed by atoms with Crippen molar-refractivity contribution in [1.82, 2.24) is 0 Å². The Morgan fingerprint density at radius 1 is 1.36 bits per heavy atom. The first-order chi connectivity index (χ1) is 5.36. The summed E-state index contributed by atoms with van der Waals surface area (Å²) in [5.41, 5.74) is 8.37. The summed E-state index contributed by atoms with van der Waals surface area (Å²) < 4.78 is 0. The van der Waals surface area contributed by atoms with E-state index in [0.29, 0.717) is 0 Å². The molecule has 0 unspecified atom stereocenters. The van der Waals surface area contributed by atoms with Gasteiger partial charge in [-0.2, -0.15) is 0 Å². The van der Waals surface area contributed by atoms with E-state index >= 15 is 0 Å². The molecule has 0 amide bonds. The zero-order valence-electron chi connectivity index (χ0n) is 6.38. The predicted molar refractivity (Wildman–Crippen MR) is 46.6 cm³/mol. The minimum atomic E-state index is 0.282. The van der Waals surface area contributed by atoms with Crippen LogP contribution in [0.1, 0.15) is 5.56 Å². The van der Waals surface area contributed by atoms with Crippen molar-refractivity contribution in [3.63, 3.8) is 0 Å². The molecular weight excluding hydrogens is 136 g/mol. The summed E-state index contributed by atoms with van der Waals surface area (Å²) in [6, 6.07) is 8.61. The smallest absolute Gasteiger partial charge is 0.0373 e. The topological polar surface area (TPSA) is 38.0 Å². The van der Waals surface area contributed by atoms with Gasteiger partial charge in [-0.3, -0.25) is 0 Å². The second kappa shape index (κ2) is 2.55. The van der Waals surface area contributed by atoms with Crippen LogP contribution in [0.15, 0.2) is 24.3 Å². The molecule has 0 bridgehead atoms. The van der Waals surface area contributed by atoms with E-state index in [-0.39, 0.29) is 6.04 Å². The first kappa shape index (κ1) is 6.68. The first-order valence-corrected chi connectivity index (χ1v) is 3.93. The third-order valence-corrected chi connectivity index (χ3v) is 2.05. The third kappa shape index (κ3) is 1.21. The Bertz CT molecular complexity index is 257. The van der Waals surface area contributed by atoms with Crippen molar-refractivity contribution in [2.45, 2.75) is 12.5 Å². The third-order valence-electron chi connectivity index (χ3n) is 2.05. The Hall–Kier alpha value is -1.02. The second-order valence-corrected chi connectivity index (χ2v) is 3.00. The zero-order chi connectivity index (χ0) is 7.68. The number of hydrogen-bond donors (Lipinski definition) is 2. The molecule has 1 aromatic rings. The lowest BCUT2D eigenvalue weighted by molar-refractivity contribution is 0.679. The molecule has 11 heavy (non-hydrogen) atoms. The lowest BCUT2D eigenvalue weighted by atomic mass is 10.0. The SMILES string of the molecule is N[C@@H]1CNc2ccccc2C1. The van der Waals surface area contributed by atoms with Crippen LogP contribution in [0.3, 0.4) is 0 Å². The van der Waals surface area contributed by atoms with Crippen molar-refractivity contribution in [2.24, 2.45) is 5.73 Å². The van der Waals surface area contributed by atoms with E-state index in [1.165, 1.54) is 11.3 Å². The molecule has 2 rings (SSSR count). The summed E-state index contributed by atoms with van der Waals surface area (Å²) in [5.74, 6) is 0. The van der Waals surface area contributed by atoms with Gasteiger partial charge in [0, 0.05) is 18.3 Å². The van der Waals surface area contributed by atoms with E-state index < -0.39 is 0 Å². The maximum Gasteiger partial charge on any atom is 0.0373 e. The average molecular weight is 148 g/mol. The van der Waals surface area contributed by atoms with E-state index in [1.807, 2.05) is 6.07 Å². The molecule has 1 aliphatic heterocycles. The van der Waals surface area contributed by atoms with Crippen molar-refractivity contribution in [2.75, 3.05) is 11.9 Å². The summed E-state index contributed by atoms with van der Waals surface area (Å²) >= 11 is 0. The summed E-state index contributed by atoms with van der Waals surface area (Å²) in [4.78, 5) is 0. The van der Waals surface area contributed by atoms with Gasteiger partial charge in [0.1, 0.15) is 0 Å².